The van der Waals surface area contributed by atoms with Gasteiger partial charge in [0.05, 0.1) is 5.56 Å². The van der Waals surface area contributed by atoms with E-state index in [0.717, 1.165) is 30.4 Å². The molecule has 0 spiro atoms. The van der Waals surface area contributed by atoms with Gasteiger partial charge in [0.1, 0.15) is 0 Å². The number of hydrogen-bond donors (Lipinski definition) is 2. The van der Waals surface area contributed by atoms with Gasteiger partial charge in [-0.05, 0) is 37.0 Å². The summed E-state index contributed by atoms with van der Waals surface area (Å²) >= 11 is 7.75. The Morgan fingerprint density at radius 3 is 2.62 bits per heavy atom. The summed E-state index contributed by atoms with van der Waals surface area (Å²) in [6, 6.07) is 5.49. The molecule has 0 radical (unpaired) electrons. The molecule has 0 aliphatic carbocycles. The first-order valence-electron chi connectivity index (χ1n) is 6.99. The normalized spacial score (nSPS) is 15.9. The van der Waals surface area contributed by atoms with Gasteiger partial charge >= 0.3 is 0 Å². The molecule has 1 fully saturated rings. The van der Waals surface area contributed by atoms with Crippen LogP contribution >= 0.6 is 28.6 Å². The quantitative estimate of drug-likeness (QED) is 0.803. The van der Waals surface area contributed by atoms with E-state index < -0.39 is 0 Å². The number of hydrogen-bond acceptors (Lipinski definition) is 3. The highest BCUT2D eigenvalue weighted by Crippen LogP contribution is 2.24. The van der Waals surface area contributed by atoms with Gasteiger partial charge in [-0.1, -0.05) is 15.9 Å². The molecule has 0 saturated carbocycles. The molecule has 1 aliphatic rings. The van der Waals surface area contributed by atoms with Crippen molar-refractivity contribution in [2.75, 3.05) is 19.6 Å². The van der Waals surface area contributed by atoms with Gasteiger partial charge < -0.3 is 10.2 Å². The molecular formula is C15H19BrN2O2S. The molecule has 2 rings (SSSR count). The van der Waals surface area contributed by atoms with Crippen molar-refractivity contribution in [3.63, 3.8) is 0 Å². The Balaban J connectivity index is 1.92. The second-order valence-electron chi connectivity index (χ2n) is 5.33. The number of halogens is 1. The van der Waals surface area contributed by atoms with Crippen LogP contribution in [0.25, 0.3) is 0 Å². The molecule has 1 saturated heterocycles. The van der Waals surface area contributed by atoms with Gasteiger partial charge in [-0.15, -0.1) is 12.6 Å². The standard InChI is InChI=1S/C15H19BrN2O2S/c1-10(19)17-9-11-4-6-18(7-5-11)15(20)13-3-2-12(16)8-14(13)21/h2-3,8,11,21H,4-7,9H2,1H3,(H,17,19). The lowest BCUT2D eigenvalue weighted by Crippen LogP contribution is -2.41. The van der Waals surface area contributed by atoms with Crippen LogP contribution in [0.5, 0.6) is 0 Å². The maximum absolute atomic E-state index is 12.5. The molecule has 4 nitrogen and oxygen atoms in total. The number of nitrogens with zero attached hydrogens (tertiary/aromatic N) is 1. The maximum Gasteiger partial charge on any atom is 0.254 e. The molecule has 1 heterocycles. The van der Waals surface area contributed by atoms with Gasteiger partial charge in [0.15, 0.2) is 0 Å². The Bertz CT molecular complexity index is 542. The van der Waals surface area contributed by atoms with Gasteiger partial charge in [-0.3, -0.25) is 9.59 Å². The summed E-state index contributed by atoms with van der Waals surface area (Å²) in [6.07, 6.45) is 1.84. The van der Waals surface area contributed by atoms with Gasteiger partial charge in [0.2, 0.25) is 5.91 Å². The number of nitrogens with one attached hydrogen (secondary N) is 1. The van der Waals surface area contributed by atoms with Crippen molar-refractivity contribution < 1.29 is 9.59 Å². The first-order chi connectivity index (χ1) is 9.97. The first kappa shape index (κ1) is 16.4. The average molecular weight is 371 g/mol. The highest BCUT2D eigenvalue weighted by molar-refractivity contribution is 9.10. The predicted octanol–water partition coefficient (Wildman–Crippen LogP) is 2.73. The van der Waals surface area contributed by atoms with E-state index in [1.807, 2.05) is 17.0 Å². The summed E-state index contributed by atoms with van der Waals surface area (Å²) in [5.74, 6) is 0.493. The summed E-state index contributed by atoms with van der Waals surface area (Å²) in [6.45, 7) is 3.69. The Morgan fingerprint density at radius 2 is 2.05 bits per heavy atom. The van der Waals surface area contributed by atoms with Crippen molar-refractivity contribution in [1.29, 1.82) is 0 Å². The largest absolute Gasteiger partial charge is 0.356 e. The van der Waals surface area contributed by atoms with Gasteiger partial charge in [0, 0.05) is 35.9 Å². The summed E-state index contributed by atoms with van der Waals surface area (Å²) in [7, 11) is 0. The first-order valence-corrected chi connectivity index (χ1v) is 8.23. The van der Waals surface area contributed by atoms with Gasteiger partial charge in [-0.25, -0.2) is 0 Å². The van der Waals surface area contributed by atoms with E-state index >= 15 is 0 Å². The van der Waals surface area contributed by atoms with E-state index in [1.54, 1.807) is 6.07 Å². The second kappa shape index (κ2) is 7.31. The molecular weight excluding hydrogens is 352 g/mol. The number of amides is 2. The molecule has 21 heavy (non-hydrogen) atoms. The Labute approximate surface area is 138 Å². The fraction of sp³-hybridized carbons (Fsp3) is 0.467. The van der Waals surface area contributed by atoms with Crippen molar-refractivity contribution in [2.45, 2.75) is 24.7 Å². The van der Waals surface area contributed by atoms with E-state index in [0.29, 0.717) is 22.9 Å². The number of piperidine rings is 1. The molecule has 0 aromatic heterocycles. The minimum absolute atomic E-state index is 0.00286. The summed E-state index contributed by atoms with van der Waals surface area (Å²) < 4.78 is 0.915. The van der Waals surface area contributed by atoms with Crippen LogP contribution in [-0.4, -0.2) is 36.3 Å². The van der Waals surface area contributed by atoms with Crippen LogP contribution in [0.1, 0.15) is 30.1 Å². The van der Waals surface area contributed by atoms with E-state index in [9.17, 15) is 9.59 Å². The fourth-order valence-electron chi connectivity index (χ4n) is 2.48. The summed E-state index contributed by atoms with van der Waals surface area (Å²) in [5, 5.41) is 2.85. The molecule has 1 aromatic rings. The molecule has 0 unspecified atom stereocenters. The zero-order valence-electron chi connectivity index (χ0n) is 11.9. The van der Waals surface area contributed by atoms with Crippen LogP contribution in [0, 0.1) is 5.92 Å². The number of benzene rings is 1. The molecule has 0 atom stereocenters. The molecule has 1 N–H and O–H groups in total. The number of carbonyl (C=O) groups is 2. The lowest BCUT2D eigenvalue weighted by molar-refractivity contribution is -0.119. The minimum atomic E-state index is 0.00286. The number of carbonyl (C=O) groups excluding carboxylic acids is 2. The van der Waals surface area contributed by atoms with Crippen molar-refractivity contribution in [3.05, 3.63) is 28.2 Å². The highest BCUT2D eigenvalue weighted by Gasteiger charge is 2.24. The Kier molecular flexibility index (Phi) is 5.70. The third-order valence-corrected chi connectivity index (χ3v) is 4.59. The van der Waals surface area contributed by atoms with Crippen molar-refractivity contribution in [1.82, 2.24) is 10.2 Å². The highest BCUT2D eigenvalue weighted by atomic mass is 79.9. The molecule has 2 amide bonds. The Morgan fingerprint density at radius 1 is 1.38 bits per heavy atom. The molecule has 114 valence electrons. The SMILES string of the molecule is CC(=O)NCC1CCN(C(=O)c2ccc(Br)cc2S)CC1. The van der Waals surface area contributed by atoms with E-state index in [-0.39, 0.29) is 11.8 Å². The van der Waals surface area contributed by atoms with Crippen molar-refractivity contribution in [2.24, 2.45) is 5.92 Å². The lowest BCUT2D eigenvalue weighted by atomic mass is 9.96. The number of rotatable bonds is 3. The van der Waals surface area contributed by atoms with Crippen molar-refractivity contribution >= 4 is 40.4 Å². The number of likely N-dealkylation sites (tertiary alicyclic amines) is 1. The van der Waals surface area contributed by atoms with Gasteiger partial charge in [-0.2, -0.15) is 0 Å². The lowest BCUT2D eigenvalue weighted by Gasteiger charge is -2.32. The van der Waals surface area contributed by atoms with E-state index in [1.165, 1.54) is 6.92 Å². The van der Waals surface area contributed by atoms with E-state index in [4.69, 9.17) is 0 Å². The van der Waals surface area contributed by atoms with Crippen LogP contribution in [0.15, 0.2) is 27.6 Å². The minimum Gasteiger partial charge on any atom is -0.356 e. The monoisotopic (exact) mass is 370 g/mol. The third-order valence-electron chi connectivity index (χ3n) is 3.73. The maximum atomic E-state index is 12.5. The van der Waals surface area contributed by atoms with Crippen LogP contribution in [0.2, 0.25) is 0 Å². The topological polar surface area (TPSA) is 49.4 Å². The van der Waals surface area contributed by atoms with Crippen LogP contribution in [0.3, 0.4) is 0 Å². The molecule has 6 heteroatoms. The van der Waals surface area contributed by atoms with Crippen molar-refractivity contribution in [3.8, 4) is 0 Å². The molecule has 0 bridgehead atoms. The average Bonchev–Trinajstić information content (AvgIpc) is 2.45. The molecule has 1 aromatic carbocycles. The third kappa shape index (κ3) is 4.48. The molecule has 1 aliphatic heterocycles. The van der Waals surface area contributed by atoms with Crippen LogP contribution in [0.4, 0.5) is 0 Å². The van der Waals surface area contributed by atoms with Crippen LogP contribution < -0.4 is 5.32 Å². The zero-order chi connectivity index (χ0) is 15.4. The Hall–Kier alpha value is -1.01. The number of thiol groups is 1. The predicted molar refractivity (Wildman–Crippen MR) is 88.7 cm³/mol. The fourth-order valence-corrected chi connectivity index (χ4v) is 3.33. The second-order valence-corrected chi connectivity index (χ2v) is 6.73. The van der Waals surface area contributed by atoms with E-state index in [2.05, 4.69) is 33.9 Å². The van der Waals surface area contributed by atoms with Gasteiger partial charge in [0.25, 0.3) is 5.91 Å². The summed E-state index contributed by atoms with van der Waals surface area (Å²) in [5.41, 5.74) is 0.641. The van der Waals surface area contributed by atoms with Crippen LogP contribution in [-0.2, 0) is 4.79 Å². The summed E-state index contributed by atoms with van der Waals surface area (Å²) in [4.78, 5) is 26.0. The zero-order valence-corrected chi connectivity index (χ0v) is 14.4. The smallest absolute Gasteiger partial charge is 0.254 e.